The molecule has 2 N–H and O–H groups in total. The highest BCUT2D eigenvalue weighted by molar-refractivity contribution is 8.00. The summed E-state index contributed by atoms with van der Waals surface area (Å²) in [5.41, 5.74) is 0.774. The molecule has 4 nitrogen and oxygen atoms in total. The number of benzene rings is 2. The van der Waals surface area contributed by atoms with Crippen LogP contribution in [0, 0.1) is 11.6 Å². The average molecular weight is 362 g/mol. The van der Waals surface area contributed by atoms with E-state index in [1.165, 1.54) is 0 Å². The van der Waals surface area contributed by atoms with Crippen LogP contribution in [0.2, 0.25) is 0 Å². The molecule has 0 aromatic heterocycles. The number of hydrogen-bond donors (Lipinski definition) is 2. The molecule has 7 heteroatoms. The largest absolute Gasteiger partial charge is 0.349 e. The summed E-state index contributed by atoms with van der Waals surface area (Å²) in [5.74, 6) is -1.88. The number of rotatable bonds is 6. The number of carbonyl (C=O) groups is 2. The fourth-order valence-electron chi connectivity index (χ4n) is 2.20. The molecule has 2 aromatic carbocycles. The Bertz CT molecular complexity index is 809. The molecule has 2 amide bonds. The number of nitrogens with one attached hydrogen (secondary N) is 2. The SMILES string of the molecule is O=C(CSc1cc(F)ccc1F)Nc1ccccc1C(=O)NC1CC1. The van der Waals surface area contributed by atoms with Crippen molar-refractivity contribution in [2.24, 2.45) is 0 Å². The molecule has 2 aromatic rings. The Kier molecular flexibility index (Phi) is 5.33. The monoisotopic (exact) mass is 362 g/mol. The van der Waals surface area contributed by atoms with Crippen LogP contribution in [0.4, 0.5) is 14.5 Å². The van der Waals surface area contributed by atoms with Gasteiger partial charge in [0, 0.05) is 10.9 Å². The fraction of sp³-hybridized carbons (Fsp3) is 0.222. The molecule has 3 rings (SSSR count). The van der Waals surface area contributed by atoms with E-state index >= 15 is 0 Å². The molecular formula is C18H16F2N2O2S. The summed E-state index contributed by atoms with van der Waals surface area (Å²) in [7, 11) is 0. The van der Waals surface area contributed by atoms with Gasteiger partial charge in [-0.3, -0.25) is 9.59 Å². The molecule has 0 heterocycles. The Hall–Kier alpha value is -2.41. The number of para-hydroxylation sites is 1. The maximum Gasteiger partial charge on any atom is 0.253 e. The van der Waals surface area contributed by atoms with E-state index in [4.69, 9.17) is 0 Å². The molecule has 0 unspecified atom stereocenters. The van der Waals surface area contributed by atoms with E-state index in [0.29, 0.717) is 11.3 Å². The maximum atomic E-state index is 13.6. The molecule has 0 saturated heterocycles. The first kappa shape index (κ1) is 17.4. The zero-order valence-electron chi connectivity index (χ0n) is 13.2. The zero-order valence-corrected chi connectivity index (χ0v) is 14.0. The quantitative estimate of drug-likeness (QED) is 0.772. The van der Waals surface area contributed by atoms with Gasteiger partial charge in [0.05, 0.1) is 17.0 Å². The molecule has 0 aliphatic heterocycles. The van der Waals surface area contributed by atoms with Gasteiger partial charge in [-0.05, 0) is 43.2 Å². The lowest BCUT2D eigenvalue weighted by Crippen LogP contribution is -2.27. The van der Waals surface area contributed by atoms with E-state index in [2.05, 4.69) is 10.6 Å². The van der Waals surface area contributed by atoms with Crippen molar-refractivity contribution in [3.05, 3.63) is 59.7 Å². The van der Waals surface area contributed by atoms with Gasteiger partial charge in [-0.1, -0.05) is 12.1 Å². The smallest absolute Gasteiger partial charge is 0.253 e. The summed E-state index contributed by atoms with van der Waals surface area (Å²) in [6.45, 7) is 0. The number of hydrogen-bond acceptors (Lipinski definition) is 3. The van der Waals surface area contributed by atoms with Gasteiger partial charge >= 0.3 is 0 Å². The van der Waals surface area contributed by atoms with Gasteiger partial charge in [0.15, 0.2) is 0 Å². The first-order valence-electron chi connectivity index (χ1n) is 7.80. The van der Waals surface area contributed by atoms with Gasteiger partial charge in [0.1, 0.15) is 11.6 Å². The second-order valence-electron chi connectivity index (χ2n) is 5.70. The van der Waals surface area contributed by atoms with E-state index in [-0.39, 0.29) is 22.6 Å². The van der Waals surface area contributed by atoms with Crippen LogP contribution in [0.25, 0.3) is 0 Å². The van der Waals surface area contributed by atoms with E-state index in [1.807, 2.05) is 0 Å². The molecule has 0 spiro atoms. The Morgan fingerprint density at radius 2 is 1.88 bits per heavy atom. The molecule has 1 aliphatic carbocycles. The van der Waals surface area contributed by atoms with Crippen LogP contribution in [0.1, 0.15) is 23.2 Å². The van der Waals surface area contributed by atoms with Crippen LogP contribution in [0.15, 0.2) is 47.4 Å². The minimum Gasteiger partial charge on any atom is -0.349 e. The van der Waals surface area contributed by atoms with Crippen molar-refractivity contribution in [3.8, 4) is 0 Å². The maximum absolute atomic E-state index is 13.6. The molecule has 0 radical (unpaired) electrons. The number of thioether (sulfide) groups is 1. The number of halogens is 2. The topological polar surface area (TPSA) is 58.2 Å². The Balaban J connectivity index is 1.62. The van der Waals surface area contributed by atoms with Crippen LogP contribution in [-0.2, 0) is 4.79 Å². The molecular weight excluding hydrogens is 346 g/mol. The first-order chi connectivity index (χ1) is 12.0. The molecule has 130 valence electrons. The Labute approximate surface area is 148 Å². The van der Waals surface area contributed by atoms with Gasteiger partial charge in [-0.25, -0.2) is 8.78 Å². The second-order valence-corrected chi connectivity index (χ2v) is 6.72. The molecule has 25 heavy (non-hydrogen) atoms. The summed E-state index contributed by atoms with van der Waals surface area (Å²) in [6, 6.07) is 9.99. The summed E-state index contributed by atoms with van der Waals surface area (Å²) in [6.07, 6.45) is 1.94. The third kappa shape index (κ3) is 4.79. The molecule has 0 bridgehead atoms. The Morgan fingerprint density at radius 1 is 1.12 bits per heavy atom. The number of amides is 2. The summed E-state index contributed by atoms with van der Waals surface area (Å²) in [5, 5.41) is 5.52. The number of carbonyl (C=O) groups excluding carboxylic acids is 2. The lowest BCUT2D eigenvalue weighted by atomic mass is 10.1. The Morgan fingerprint density at radius 3 is 2.64 bits per heavy atom. The van der Waals surface area contributed by atoms with Crippen LogP contribution >= 0.6 is 11.8 Å². The van der Waals surface area contributed by atoms with Crippen LogP contribution in [0.5, 0.6) is 0 Å². The highest BCUT2D eigenvalue weighted by Gasteiger charge is 2.25. The molecule has 1 fully saturated rings. The highest BCUT2D eigenvalue weighted by atomic mass is 32.2. The fourth-order valence-corrected chi connectivity index (χ4v) is 2.96. The van der Waals surface area contributed by atoms with E-state index < -0.39 is 17.5 Å². The minimum atomic E-state index is -0.580. The normalized spacial score (nSPS) is 13.4. The minimum absolute atomic E-state index is 0.0647. The van der Waals surface area contributed by atoms with Crippen LogP contribution in [0.3, 0.4) is 0 Å². The predicted octanol–water partition coefficient (Wildman–Crippen LogP) is 3.59. The summed E-state index contributed by atoms with van der Waals surface area (Å²) < 4.78 is 26.7. The van der Waals surface area contributed by atoms with Gasteiger partial charge < -0.3 is 10.6 Å². The third-order valence-corrected chi connectivity index (χ3v) is 4.64. The molecule has 1 saturated carbocycles. The van der Waals surface area contributed by atoms with E-state index in [9.17, 15) is 18.4 Å². The average Bonchev–Trinajstić information content (AvgIpc) is 3.40. The third-order valence-electron chi connectivity index (χ3n) is 3.61. The van der Waals surface area contributed by atoms with Gasteiger partial charge in [-0.15, -0.1) is 11.8 Å². The van der Waals surface area contributed by atoms with Crippen molar-refractivity contribution in [1.29, 1.82) is 0 Å². The van der Waals surface area contributed by atoms with Crippen molar-refractivity contribution in [3.63, 3.8) is 0 Å². The van der Waals surface area contributed by atoms with Crippen molar-refractivity contribution < 1.29 is 18.4 Å². The first-order valence-corrected chi connectivity index (χ1v) is 8.79. The number of anilines is 1. The summed E-state index contributed by atoms with van der Waals surface area (Å²) in [4.78, 5) is 24.4. The van der Waals surface area contributed by atoms with Crippen LogP contribution < -0.4 is 10.6 Å². The van der Waals surface area contributed by atoms with Crippen molar-refractivity contribution in [1.82, 2.24) is 5.32 Å². The second kappa shape index (κ2) is 7.65. The van der Waals surface area contributed by atoms with Gasteiger partial charge in [0.2, 0.25) is 5.91 Å². The van der Waals surface area contributed by atoms with Gasteiger partial charge in [-0.2, -0.15) is 0 Å². The van der Waals surface area contributed by atoms with Gasteiger partial charge in [0.25, 0.3) is 5.91 Å². The lowest BCUT2D eigenvalue weighted by Gasteiger charge is -2.11. The molecule has 1 aliphatic rings. The zero-order chi connectivity index (χ0) is 17.8. The van der Waals surface area contributed by atoms with Crippen LogP contribution in [-0.4, -0.2) is 23.6 Å². The van der Waals surface area contributed by atoms with Crippen molar-refractivity contribution >= 4 is 29.3 Å². The molecule has 0 atom stereocenters. The van der Waals surface area contributed by atoms with E-state index in [0.717, 1.165) is 42.8 Å². The highest BCUT2D eigenvalue weighted by Crippen LogP contribution is 2.24. The summed E-state index contributed by atoms with van der Waals surface area (Å²) >= 11 is 0.896. The lowest BCUT2D eigenvalue weighted by molar-refractivity contribution is -0.113. The van der Waals surface area contributed by atoms with Crippen molar-refractivity contribution in [2.45, 2.75) is 23.8 Å². The standard InChI is InChI=1S/C18H16F2N2O2S/c19-11-5-8-14(20)16(9-11)25-10-17(23)22-15-4-2-1-3-13(15)18(24)21-12-6-7-12/h1-5,8-9,12H,6-7,10H2,(H,21,24)(H,22,23). The van der Waals surface area contributed by atoms with E-state index in [1.54, 1.807) is 24.3 Å². The predicted molar refractivity (Wildman–Crippen MR) is 92.6 cm³/mol. The van der Waals surface area contributed by atoms with Crippen molar-refractivity contribution in [2.75, 3.05) is 11.1 Å².